The molecule has 1 amide bonds. The first-order valence-corrected chi connectivity index (χ1v) is 7.06. The summed E-state index contributed by atoms with van der Waals surface area (Å²) in [5.74, 6) is -0.0156. The van der Waals surface area contributed by atoms with E-state index >= 15 is 0 Å². The summed E-state index contributed by atoms with van der Waals surface area (Å²) in [4.78, 5) is 22.6. The van der Waals surface area contributed by atoms with E-state index in [0.29, 0.717) is 11.4 Å². The summed E-state index contributed by atoms with van der Waals surface area (Å²) in [6, 6.07) is 9.09. The zero-order valence-corrected chi connectivity index (χ0v) is 13.6. The number of hydrazone groups is 1. The number of anilines is 1. The molecule has 2 aromatic carbocycles. The fourth-order valence-electron chi connectivity index (χ4n) is 2.07. The second-order valence-corrected chi connectivity index (χ2v) is 4.81. The van der Waals surface area contributed by atoms with E-state index in [9.17, 15) is 14.9 Å². The van der Waals surface area contributed by atoms with Crippen LogP contribution >= 0.6 is 0 Å². The van der Waals surface area contributed by atoms with Crippen molar-refractivity contribution in [2.45, 2.75) is 0 Å². The first kappa shape index (κ1) is 17.7. The highest BCUT2D eigenvalue weighted by molar-refractivity contribution is 5.99. The van der Waals surface area contributed by atoms with Crippen molar-refractivity contribution >= 4 is 23.5 Å². The van der Waals surface area contributed by atoms with Gasteiger partial charge in [-0.1, -0.05) is 12.1 Å². The molecule has 0 saturated heterocycles. The SMILES string of the molecule is COc1cc(/C=N\NC(=O)c2ccccc2N)c([N+](=O)[O-])cc1OC. The molecular weight excluding hydrogens is 328 g/mol. The van der Waals surface area contributed by atoms with Gasteiger partial charge in [0.15, 0.2) is 11.5 Å². The number of para-hydroxylation sites is 1. The number of rotatable bonds is 6. The van der Waals surface area contributed by atoms with Gasteiger partial charge >= 0.3 is 0 Å². The quantitative estimate of drug-likeness (QED) is 0.357. The number of benzene rings is 2. The van der Waals surface area contributed by atoms with Gasteiger partial charge in [0, 0.05) is 5.69 Å². The van der Waals surface area contributed by atoms with Crippen molar-refractivity contribution in [2.24, 2.45) is 5.10 Å². The van der Waals surface area contributed by atoms with Crippen LogP contribution in [0.2, 0.25) is 0 Å². The molecule has 0 aliphatic carbocycles. The van der Waals surface area contributed by atoms with Crippen LogP contribution in [0.3, 0.4) is 0 Å². The smallest absolute Gasteiger partial charge is 0.282 e. The van der Waals surface area contributed by atoms with E-state index in [4.69, 9.17) is 15.2 Å². The molecule has 0 bridgehead atoms. The second-order valence-electron chi connectivity index (χ2n) is 4.81. The molecule has 0 aliphatic rings. The predicted molar refractivity (Wildman–Crippen MR) is 92.1 cm³/mol. The number of hydrogen-bond acceptors (Lipinski definition) is 7. The number of nitrogens with zero attached hydrogens (tertiary/aromatic N) is 2. The van der Waals surface area contributed by atoms with Gasteiger partial charge in [-0.05, 0) is 18.2 Å². The lowest BCUT2D eigenvalue weighted by molar-refractivity contribution is -0.385. The van der Waals surface area contributed by atoms with Crippen molar-refractivity contribution in [2.75, 3.05) is 20.0 Å². The van der Waals surface area contributed by atoms with Crippen LogP contribution in [0.4, 0.5) is 11.4 Å². The summed E-state index contributed by atoms with van der Waals surface area (Å²) in [7, 11) is 2.78. The van der Waals surface area contributed by atoms with Crippen molar-refractivity contribution in [1.29, 1.82) is 0 Å². The molecule has 0 unspecified atom stereocenters. The normalized spacial score (nSPS) is 10.5. The second kappa shape index (κ2) is 7.77. The maximum absolute atomic E-state index is 12.0. The summed E-state index contributed by atoms with van der Waals surface area (Å²) in [6.07, 6.45) is 1.15. The molecule has 0 fully saturated rings. The monoisotopic (exact) mass is 344 g/mol. The van der Waals surface area contributed by atoms with E-state index in [0.717, 1.165) is 6.21 Å². The van der Waals surface area contributed by atoms with E-state index in [1.54, 1.807) is 24.3 Å². The molecule has 0 radical (unpaired) electrons. The molecule has 2 aromatic rings. The number of nitrogens with two attached hydrogens (primary N) is 1. The Labute approximate surface area is 143 Å². The van der Waals surface area contributed by atoms with Gasteiger partial charge in [-0.25, -0.2) is 5.43 Å². The van der Waals surface area contributed by atoms with Crippen molar-refractivity contribution in [3.8, 4) is 11.5 Å². The van der Waals surface area contributed by atoms with Gasteiger partial charge in [0.25, 0.3) is 11.6 Å². The third-order valence-corrected chi connectivity index (χ3v) is 3.30. The first-order valence-electron chi connectivity index (χ1n) is 7.06. The first-order chi connectivity index (χ1) is 12.0. The van der Waals surface area contributed by atoms with Gasteiger partial charge in [0.2, 0.25) is 0 Å². The van der Waals surface area contributed by atoms with Crippen molar-refractivity contribution in [3.05, 3.63) is 57.6 Å². The van der Waals surface area contributed by atoms with Gasteiger partial charge in [-0.2, -0.15) is 5.10 Å². The number of nitrogens with one attached hydrogen (secondary N) is 1. The Kier molecular flexibility index (Phi) is 5.51. The maximum atomic E-state index is 12.0. The van der Waals surface area contributed by atoms with Crippen LogP contribution in [0.25, 0.3) is 0 Å². The number of nitro benzene ring substituents is 1. The van der Waals surface area contributed by atoms with Gasteiger partial charge in [0.05, 0.1) is 42.6 Å². The summed E-state index contributed by atoms with van der Waals surface area (Å²) >= 11 is 0. The van der Waals surface area contributed by atoms with E-state index < -0.39 is 10.8 Å². The molecule has 0 aliphatic heterocycles. The average molecular weight is 344 g/mol. The lowest BCUT2D eigenvalue weighted by Crippen LogP contribution is -2.19. The number of methoxy groups -OCH3 is 2. The molecule has 3 N–H and O–H groups in total. The molecule has 0 saturated carbocycles. The van der Waals surface area contributed by atoms with Crippen LogP contribution in [-0.2, 0) is 0 Å². The number of nitro groups is 1. The van der Waals surface area contributed by atoms with Crippen molar-refractivity contribution in [3.63, 3.8) is 0 Å². The van der Waals surface area contributed by atoms with Crippen LogP contribution < -0.4 is 20.6 Å². The Morgan fingerprint density at radius 1 is 1.24 bits per heavy atom. The van der Waals surface area contributed by atoms with Crippen LogP contribution in [-0.4, -0.2) is 31.3 Å². The molecule has 0 atom stereocenters. The number of ether oxygens (including phenoxy) is 2. The predicted octanol–water partition coefficient (Wildman–Crippen LogP) is 1.96. The summed E-state index contributed by atoms with van der Waals surface area (Å²) in [5, 5.41) is 14.9. The zero-order chi connectivity index (χ0) is 18.4. The molecule has 9 heteroatoms. The highest BCUT2D eigenvalue weighted by Crippen LogP contribution is 2.33. The van der Waals surface area contributed by atoms with Crippen molar-refractivity contribution < 1.29 is 19.2 Å². The Morgan fingerprint density at radius 2 is 1.88 bits per heavy atom. The Balaban J connectivity index is 2.26. The Hall–Kier alpha value is -3.62. The lowest BCUT2D eigenvalue weighted by atomic mass is 10.1. The molecular formula is C16H16N4O5. The van der Waals surface area contributed by atoms with Gasteiger partial charge < -0.3 is 15.2 Å². The lowest BCUT2D eigenvalue weighted by Gasteiger charge is -2.08. The Bertz CT molecular complexity index is 835. The fourth-order valence-corrected chi connectivity index (χ4v) is 2.07. The maximum Gasteiger partial charge on any atom is 0.282 e. The number of amides is 1. The minimum Gasteiger partial charge on any atom is -0.493 e. The van der Waals surface area contributed by atoms with Crippen LogP contribution in [0.5, 0.6) is 11.5 Å². The topological polar surface area (TPSA) is 129 Å². The minimum atomic E-state index is -0.583. The minimum absolute atomic E-state index is 0.143. The summed E-state index contributed by atoms with van der Waals surface area (Å²) in [6.45, 7) is 0. The number of nitrogen functional groups attached to an aromatic ring is 1. The largest absolute Gasteiger partial charge is 0.493 e. The third-order valence-electron chi connectivity index (χ3n) is 3.30. The van der Waals surface area contributed by atoms with Crippen LogP contribution in [0, 0.1) is 10.1 Å². The molecule has 0 heterocycles. The van der Waals surface area contributed by atoms with Crippen LogP contribution in [0.1, 0.15) is 15.9 Å². The molecule has 0 spiro atoms. The van der Waals surface area contributed by atoms with Crippen LogP contribution in [0.15, 0.2) is 41.5 Å². The van der Waals surface area contributed by atoms with Gasteiger partial charge in [-0.15, -0.1) is 0 Å². The van der Waals surface area contributed by atoms with Gasteiger partial charge in [-0.3, -0.25) is 14.9 Å². The van der Waals surface area contributed by atoms with E-state index in [1.165, 1.54) is 26.4 Å². The molecule has 25 heavy (non-hydrogen) atoms. The molecule has 9 nitrogen and oxygen atoms in total. The fraction of sp³-hybridized carbons (Fsp3) is 0.125. The number of carbonyl (C=O) groups excluding carboxylic acids is 1. The molecule has 130 valence electrons. The summed E-state index contributed by atoms with van der Waals surface area (Å²) in [5.41, 5.74) is 8.43. The number of carbonyl (C=O) groups is 1. The van der Waals surface area contributed by atoms with E-state index in [2.05, 4.69) is 10.5 Å². The van der Waals surface area contributed by atoms with E-state index in [-0.39, 0.29) is 22.6 Å². The average Bonchev–Trinajstić information content (AvgIpc) is 2.61. The number of hydrogen-bond donors (Lipinski definition) is 2. The highest BCUT2D eigenvalue weighted by Gasteiger charge is 2.18. The summed E-state index contributed by atoms with van der Waals surface area (Å²) < 4.78 is 10.1. The Morgan fingerprint density at radius 3 is 2.48 bits per heavy atom. The van der Waals surface area contributed by atoms with Crippen molar-refractivity contribution in [1.82, 2.24) is 5.43 Å². The van der Waals surface area contributed by atoms with E-state index in [1.807, 2.05) is 0 Å². The molecule has 0 aromatic heterocycles. The zero-order valence-electron chi connectivity index (χ0n) is 13.6. The standard InChI is InChI=1S/C16H16N4O5/c1-24-14-7-10(13(20(22)23)8-15(14)25-2)9-18-19-16(21)11-5-3-4-6-12(11)17/h3-9H,17H2,1-2H3,(H,19,21)/b18-9-. The van der Waals surface area contributed by atoms with Gasteiger partial charge in [0.1, 0.15) is 0 Å². The third kappa shape index (κ3) is 4.02. The highest BCUT2D eigenvalue weighted by atomic mass is 16.6. The molecule has 2 rings (SSSR count).